The van der Waals surface area contributed by atoms with E-state index in [9.17, 15) is 4.79 Å². The van der Waals surface area contributed by atoms with Crippen molar-refractivity contribution < 1.29 is 9.53 Å². The number of hydrogen-bond acceptors (Lipinski definition) is 2. The highest BCUT2D eigenvalue weighted by atomic mass is 79.9. The van der Waals surface area contributed by atoms with Gasteiger partial charge in [-0.15, -0.1) is 0 Å². The molecule has 3 heteroatoms. The lowest BCUT2D eigenvalue weighted by Gasteiger charge is -2.08. The summed E-state index contributed by atoms with van der Waals surface area (Å²) in [6.07, 6.45) is 4.07. The average Bonchev–Trinajstić information content (AvgIpc) is 2.81. The van der Waals surface area contributed by atoms with Gasteiger partial charge in [-0.25, -0.2) is 0 Å². The molecule has 1 rings (SSSR count). The zero-order chi connectivity index (χ0) is 8.32. The zero-order valence-corrected chi connectivity index (χ0v) is 8.32. The maximum Gasteiger partial charge on any atom is 0.305 e. The normalized spacial score (nSPS) is 19.5. The smallest absolute Gasteiger partial charge is 0.305 e. The molecule has 0 unspecified atom stereocenters. The van der Waals surface area contributed by atoms with Gasteiger partial charge < -0.3 is 4.74 Å². The quantitative estimate of drug-likeness (QED) is 0.536. The van der Waals surface area contributed by atoms with Crippen LogP contribution in [0.25, 0.3) is 0 Å². The van der Waals surface area contributed by atoms with E-state index in [4.69, 9.17) is 0 Å². The highest BCUT2D eigenvalue weighted by Gasteiger charge is 2.41. The van der Waals surface area contributed by atoms with Gasteiger partial charge in [-0.1, -0.05) is 15.9 Å². The molecule has 0 aliphatic heterocycles. The summed E-state index contributed by atoms with van der Waals surface area (Å²) in [4.78, 5) is 10.8. The van der Waals surface area contributed by atoms with E-state index in [2.05, 4.69) is 20.7 Å². The predicted molar refractivity (Wildman–Crippen MR) is 46.7 cm³/mol. The molecule has 0 saturated heterocycles. The predicted octanol–water partition coefficient (Wildman–Crippen LogP) is 2.11. The lowest BCUT2D eigenvalue weighted by Crippen LogP contribution is -2.07. The Labute approximate surface area is 75.4 Å². The van der Waals surface area contributed by atoms with Crippen LogP contribution in [0.2, 0.25) is 0 Å². The molecule has 11 heavy (non-hydrogen) atoms. The molecule has 0 heterocycles. The van der Waals surface area contributed by atoms with Crippen molar-refractivity contribution in [2.24, 2.45) is 5.41 Å². The van der Waals surface area contributed by atoms with Crippen LogP contribution in [0.5, 0.6) is 0 Å². The Balaban J connectivity index is 2.16. The number of methoxy groups -OCH3 is 1. The molecule has 1 aliphatic rings. The Hall–Kier alpha value is -0.0500. The van der Waals surface area contributed by atoms with E-state index in [1.165, 1.54) is 20.0 Å². The van der Waals surface area contributed by atoms with Gasteiger partial charge in [-0.3, -0.25) is 4.79 Å². The average molecular weight is 221 g/mol. The molecular formula is C8H13BrO2. The van der Waals surface area contributed by atoms with Gasteiger partial charge in [0.2, 0.25) is 0 Å². The van der Waals surface area contributed by atoms with Crippen molar-refractivity contribution in [3.05, 3.63) is 0 Å². The first-order valence-corrected chi connectivity index (χ1v) is 4.97. The molecule has 0 amide bonds. The van der Waals surface area contributed by atoms with E-state index in [1.54, 1.807) is 0 Å². The number of alkyl halides is 1. The first kappa shape index (κ1) is 9.04. The van der Waals surface area contributed by atoms with Crippen LogP contribution in [0.15, 0.2) is 0 Å². The molecule has 1 fully saturated rings. The number of carbonyl (C=O) groups excluding carboxylic acids is 1. The van der Waals surface area contributed by atoms with Crippen LogP contribution >= 0.6 is 15.9 Å². The first-order chi connectivity index (χ1) is 5.22. The van der Waals surface area contributed by atoms with Crippen molar-refractivity contribution in [3.8, 4) is 0 Å². The highest BCUT2D eigenvalue weighted by molar-refractivity contribution is 9.09. The molecule has 0 aromatic carbocycles. The summed E-state index contributed by atoms with van der Waals surface area (Å²) in [5.41, 5.74) is 0.439. The third kappa shape index (κ3) is 2.47. The van der Waals surface area contributed by atoms with Crippen molar-refractivity contribution in [3.63, 3.8) is 0 Å². The topological polar surface area (TPSA) is 26.3 Å². The molecule has 0 radical (unpaired) electrons. The summed E-state index contributed by atoms with van der Waals surface area (Å²) in [7, 11) is 1.44. The summed E-state index contributed by atoms with van der Waals surface area (Å²) >= 11 is 3.45. The molecule has 0 N–H and O–H groups in total. The second kappa shape index (κ2) is 3.57. The van der Waals surface area contributed by atoms with Crippen LogP contribution in [0.1, 0.15) is 25.7 Å². The lowest BCUT2D eigenvalue weighted by molar-refractivity contribution is -0.141. The van der Waals surface area contributed by atoms with Crippen molar-refractivity contribution in [2.75, 3.05) is 12.4 Å². The van der Waals surface area contributed by atoms with Crippen LogP contribution in [0.4, 0.5) is 0 Å². The molecule has 0 aromatic heterocycles. The Morgan fingerprint density at radius 1 is 1.64 bits per heavy atom. The molecule has 1 aliphatic carbocycles. The number of esters is 1. The van der Waals surface area contributed by atoms with E-state index in [0.29, 0.717) is 11.8 Å². The first-order valence-electron chi connectivity index (χ1n) is 3.85. The fourth-order valence-corrected chi connectivity index (χ4v) is 1.94. The van der Waals surface area contributed by atoms with E-state index in [-0.39, 0.29) is 5.97 Å². The van der Waals surface area contributed by atoms with Crippen molar-refractivity contribution >= 4 is 21.9 Å². The molecule has 0 aromatic rings. The van der Waals surface area contributed by atoms with Crippen LogP contribution in [-0.2, 0) is 9.53 Å². The third-order valence-electron chi connectivity index (χ3n) is 2.33. The van der Waals surface area contributed by atoms with Gasteiger partial charge in [0.15, 0.2) is 0 Å². The largest absolute Gasteiger partial charge is 0.469 e. The summed E-state index contributed by atoms with van der Waals surface area (Å²) in [5, 5.41) is 1.02. The SMILES string of the molecule is COC(=O)CCC1(CBr)CC1. The van der Waals surface area contributed by atoms with Gasteiger partial charge in [-0.05, 0) is 24.7 Å². The molecule has 2 nitrogen and oxygen atoms in total. The van der Waals surface area contributed by atoms with Gasteiger partial charge in [0.05, 0.1) is 7.11 Å². The number of hydrogen-bond donors (Lipinski definition) is 0. The maximum atomic E-state index is 10.8. The maximum absolute atomic E-state index is 10.8. The third-order valence-corrected chi connectivity index (χ3v) is 3.52. The Kier molecular flexibility index (Phi) is 2.93. The second-order valence-corrected chi connectivity index (χ2v) is 3.77. The Morgan fingerprint density at radius 2 is 2.27 bits per heavy atom. The Morgan fingerprint density at radius 3 is 2.64 bits per heavy atom. The minimum atomic E-state index is -0.0859. The fourth-order valence-electron chi connectivity index (χ4n) is 1.10. The van der Waals surface area contributed by atoms with E-state index in [0.717, 1.165) is 11.8 Å². The van der Waals surface area contributed by atoms with Gasteiger partial charge >= 0.3 is 5.97 Å². The second-order valence-electron chi connectivity index (χ2n) is 3.21. The summed E-state index contributed by atoms with van der Waals surface area (Å²) in [6, 6.07) is 0. The van der Waals surface area contributed by atoms with Crippen LogP contribution < -0.4 is 0 Å². The van der Waals surface area contributed by atoms with E-state index in [1.807, 2.05) is 0 Å². The van der Waals surface area contributed by atoms with Crippen LogP contribution in [0.3, 0.4) is 0 Å². The van der Waals surface area contributed by atoms with Gasteiger partial charge in [0.25, 0.3) is 0 Å². The molecule has 0 bridgehead atoms. The number of carbonyl (C=O) groups is 1. The molecular weight excluding hydrogens is 208 g/mol. The molecule has 1 saturated carbocycles. The summed E-state index contributed by atoms with van der Waals surface area (Å²) < 4.78 is 4.56. The molecule has 0 spiro atoms. The standard InChI is InChI=1S/C8H13BrO2/c1-11-7(10)2-3-8(6-9)4-5-8/h2-6H2,1H3. The van der Waals surface area contributed by atoms with Crippen molar-refractivity contribution in [2.45, 2.75) is 25.7 Å². The van der Waals surface area contributed by atoms with E-state index >= 15 is 0 Å². The highest BCUT2D eigenvalue weighted by Crippen LogP contribution is 2.50. The van der Waals surface area contributed by atoms with Crippen LogP contribution in [-0.4, -0.2) is 18.4 Å². The number of ether oxygens (including phenoxy) is 1. The van der Waals surface area contributed by atoms with Crippen molar-refractivity contribution in [1.29, 1.82) is 0 Å². The minimum Gasteiger partial charge on any atom is -0.469 e. The fraction of sp³-hybridized carbons (Fsp3) is 0.875. The van der Waals surface area contributed by atoms with Gasteiger partial charge in [0, 0.05) is 11.8 Å². The van der Waals surface area contributed by atoms with Crippen molar-refractivity contribution in [1.82, 2.24) is 0 Å². The molecule has 64 valence electrons. The lowest BCUT2D eigenvalue weighted by atomic mass is 10.0. The monoisotopic (exact) mass is 220 g/mol. The summed E-state index contributed by atoms with van der Waals surface area (Å²) in [6.45, 7) is 0. The molecule has 0 atom stereocenters. The van der Waals surface area contributed by atoms with Gasteiger partial charge in [0.1, 0.15) is 0 Å². The number of rotatable bonds is 4. The zero-order valence-electron chi connectivity index (χ0n) is 6.73. The number of halogens is 1. The van der Waals surface area contributed by atoms with E-state index < -0.39 is 0 Å². The summed E-state index contributed by atoms with van der Waals surface area (Å²) in [5.74, 6) is -0.0859. The minimum absolute atomic E-state index is 0.0859. The van der Waals surface area contributed by atoms with Crippen LogP contribution in [0, 0.1) is 5.41 Å². The Bertz CT molecular complexity index is 152. The van der Waals surface area contributed by atoms with Gasteiger partial charge in [-0.2, -0.15) is 0 Å².